The van der Waals surface area contributed by atoms with E-state index < -0.39 is 48.8 Å². The van der Waals surface area contributed by atoms with Gasteiger partial charge in [0, 0.05) is 25.2 Å². The van der Waals surface area contributed by atoms with Gasteiger partial charge < -0.3 is 9.50 Å². The van der Waals surface area contributed by atoms with Crippen molar-refractivity contribution >= 4 is 37.3 Å². The maximum absolute atomic E-state index is 13.4. The van der Waals surface area contributed by atoms with Gasteiger partial charge in [-0.25, -0.2) is 17.3 Å². The summed E-state index contributed by atoms with van der Waals surface area (Å²) >= 11 is 0. The second-order valence-corrected chi connectivity index (χ2v) is 10.5. The van der Waals surface area contributed by atoms with Crippen LogP contribution in [0.1, 0.15) is 17.3 Å². The first-order valence-electron chi connectivity index (χ1n) is 9.63. The van der Waals surface area contributed by atoms with Crippen molar-refractivity contribution in [2.24, 2.45) is 0 Å². The average Bonchev–Trinajstić information content (AvgIpc) is 3.10. The number of anilines is 1. The molecule has 2 aromatic heterocycles. The zero-order valence-electron chi connectivity index (χ0n) is 18.3. The van der Waals surface area contributed by atoms with Crippen LogP contribution in [0.3, 0.4) is 0 Å². The fraction of sp³-hybridized carbons (Fsp3) is 0.263. The minimum atomic E-state index is -6.21. The van der Waals surface area contributed by atoms with Crippen LogP contribution in [0, 0.1) is 5.82 Å². The SMILES string of the molecule is CCN(c1cn2nc(-c3ccc(F)cc3)c(C(=O)NC)c2cc1OS(=O)(=O)C(F)(F)F)S(C)(=O)=O. The van der Waals surface area contributed by atoms with Crippen molar-refractivity contribution in [2.45, 2.75) is 12.4 Å². The van der Waals surface area contributed by atoms with Crippen molar-refractivity contribution in [3.63, 3.8) is 0 Å². The third kappa shape index (κ3) is 5.02. The van der Waals surface area contributed by atoms with E-state index in [0.29, 0.717) is 4.31 Å². The van der Waals surface area contributed by atoms with Crippen LogP contribution in [0.5, 0.6) is 5.75 Å². The molecular formula is C19H18F4N4O6S2. The van der Waals surface area contributed by atoms with E-state index in [4.69, 9.17) is 0 Å². The molecule has 1 amide bonds. The highest BCUT2D eigenvalue weighted by molar-refractivity contribution is 7.92. The van der Waals surface area contributed by atoms with Gasteiger partial charge in [-0.2, -0.15) is 26.7 Å². The highest BCUT2D eigenvalue weighted by Gasteiger charge is 2.49. The molecule has 16 heteroatoms. The predicted molar refractivity (Wildman–Crippen MR) is 117 cm³/mol. The molecule has 10 nitrogen and oxygen atoms in total. The number of carbonyl (C=O) groups is 1. The first-order chi connectivity index (χ1) is 16.1. The molecule has 3 aromatic rings. The molecule has 0 saturated heterocycles. The number of amides is 1. The molecule has 0 bridgehead atoms. The Balaban J connectivity index is 2.41. The summed E-state index contributed by atoms with van der Waals surface area (Å²) < 4.78 is 106. The number of carbonyl (C=O) groups excluding carboxylic acids is 1. The molecule has 0 saturated carbocycles. The van der Waals surface area contributed by atoms with Gasteiger partial charge in [0.2, 0.25) is 10.0 Å². The largest absolute Gasteiger partial charge is 0.534 e. The number of pyridine rings is 1. The number of hydrogen-bond donors (Lipinski definition) is 1. The second kappa shape index (κ2) is 8.99. The molecular weight excluding hydrogens is 520 g/mol. The number of hydrogen-bond acceptors (Lipinski definition) is 7. The van der Waals surface area contributed by atoms with E-state index in [1.54, 1.807) is 0 Å². The number of fused-ring (bicyclic) bond motifs is 1. The molecule has 1 aromatic carbocycles. The maximum Gasteiger partial charge on any atom is 0.534 e. The quantitative estimate of drug-likeness (QED) is 0.278. The normalized spacial score (nSPS) is 12.5. The van der Waals surface area contributed by atoms with Crippen LogP contribution >= 0.6 is 0 Å². The van der Waals surface area contributed by atoms with Crippen LogP contribution in [-0.2, 0) is 20.1 Å². The van der Waals surface area contributed by atoms with Crippen molar-refractivity contribution in [3.05, 3.63) is 47.9 Å². The van der Waals surface area contributed by atoms with Gasteiger partial charge in [-0.15, -0.1) is 0 Å². The molecule has 0 fully saturated rings. The van der Waals surface area contributed by atoms with E-state index in [9.17, 15) is 39.2 Å². The molecule has 0 radical (unpaired) electrons. The maximum atomic E-state index is 13.4. The van der Waals surface area contributed by atoms with E-state index in [1.807, 2.05) is 0 Å². The molecule has 0 aliphatic rings. The lowest BCUT2D eigenvalue weighted by Gasteiger charge is -2.23. The van der Waals surface area contributed by atoms with Gasteiger partial charge in [-0.1, -0.05) is 0 Å². The van der Waals surface area contributed by atoms with Gasteiger partial charge in [-0.05, 0) is 31.2 Å². The predicted octanol–water partition coefficient (Wildman–Crippen LogP) is 2.51. The van der Waals surface area contributed by atoms with Crippen LogP contribution in [0.4, 0.5) is 23.2 Å². The Morgan fingerprint density at radius 2 is 1.77 bits per heavy atom. The summed E-state index contributed by atoms with van der Waals surface area (Å²) in [6.07, 6.45) is 1.67. The number of alkyl halides is 3. The molecule has 3 rings (SSSR count). The van der Waals surface area contributed by atoms with Crippen molar-refractivity contribution < 1.29 is 43.4 Å². The zero-order chi connectivity index (χ0) is 26.3. The standard InChI is InChI=1S/C19H18F4N4O6S2/c1-4-27(34(3,29)30)14-10-26-13(9-15(14)33-35(31,32)19(21,22)23)16(18(28)24-2)17(25-26)11-5-7-12(20)8-6-11/h5-10H,4H2,1-3H3,(H,24,28). The van der Waals surface area contributed by atoms with Crippen LogP contribution in [0.15, 0.2) is 36.5 Å². The topological polar surface area (TPSA) is 127 Å². The van der Waals surface area contributed by atoms with Crippen LogP contribution in [0.25, 0.3) is 16.8 Å². The van der Waals surface area contributed by atoms with E-state index in [1.165, 1.54) is 26.1 Å². The Morgan fingerprint density at radius 1 is 1.17 bits per heavy atom. The van der Waals surface area contributed by atoms with Crippen molar-refractivity contribution in [1.29, 1.82) is 0 Å². The zero-order valence-corrected chi connectivity index (χ0v) is 19.9. The van der Waals surface area contributed by atoms with E-state index >= 15 is 0 Å². The molecule has 2 heterocycles. The number of nitrogens with one attached hydrogen (secondary N) is 1. The van der Waals surface area contributed by atoms with E-state index in [2.05, 4.69) is 14.6 Å². The molecule has 0 unspecified atom stereocenters. The molecule has 1 N–H and O–H groups in total. The third-order valence-corrected chi connectivity index (χ3v) is 6.94. The highest BCUT2D eigenvalue weighted by Crippen LogP contribution is 2.38. The number of aromatic nitrogens is 2. The van der Waals surface area contributed by atoms with Crippen molar-refractivity contribution in [1.82, 2.24) is 14.9 Å². The monoisotopic (exact) mass is 538 g/mol. The molecule has 0 aliphatic carbocycles. The summed E-state index contributed by atoms with van der Waals surface area (Å²) in [5, 5.41) is 6.55. The lowest BCUT2D eigenvalue weighted by atomic mass is 10.1. The molecule has 35 heavy (non-hydrogen) atoms. The summed E-state index contributed by atoms with van der Waals surface area (Å²) in [5.41, 5.74) is -6.59. The number of nitrogens with zero attached hydrogens (tertiary/aromatic N) is 3. The van der Waals surface area contributed by atoms with E-state index in [0.717, 1.165) is 35.2 Å². The minimum absolute atomic E-state index is 0.0338. The Labute approximate surface area is 197 Å². The summed E-state index contributed by atoms with van der Waals surface area (Å²) in [6.45, 7) is 1.05. The fourth-order valence-electron chi connectivity index (χ4n) is 3.22. The van der Waals surface area contributed by atoms with E-state index in [-0.39, 0.29) is 28.9 Å². The van der Waals surface area contributed by atoms with Gasteiger partial charge in [0.15, 0.2) is 5.75 Å². The van der Waals surface area contributed by atoms with Crippen molar-refractivity contribution in [3.8, 4) is 17.0 Å². The fourth-order valence-corrected chi connectivity index (χ4v) is 4.65. The van der Waals surface area contributed by atoms with Gasteiger partial charge in [0.25, 0.3) is 5.91 Å². The first-order valence-corrected chi connectivity index (χ1v) is 12.9. The highest BCUT2D eigenvalue weighted by atomic mass is 32.2. The van der Waals surface area contributed by atoms with Gasteiger partial charge in [0.05, 0.1) is 23.5 Å². The summed E-state index contributed by atoms with van der Waals surface area (Å²) in [7, 11) is -9.06. The summed E-state index contributed by atoms with van der Waals surface area (Å²) in [6, 6.07) is 5.53. The van der Waals surface area contributed by atoms with Crippen LogP contribution in [0.2, 0.25) is 0 Å². The minimum Gasteiger partial charge on any atom is -0.374 e. The van der Waals surface area contributed by atoms with Crippen molar-refractivity contribution in [2.75, 3.05) is 24.2 Å². The molecule has 0 atom stereocenters. The summed E-state index contributed by atoms with van der Waals surface area (Å²) in [4.78, 5) is 12.7. The smallest absolute Gasteiger partial charge is 0.374 e. The van der Waals surface area contributed by atoms with Gasteiger partial charge >= 0.3 is 15.6 Å². The Morgan fingerprint density at radius 3 is 2.26 bits per heavy atom. The van der Waals surface area contributed by atoms with Gasteiger partial charge in [0.1, 0.15) is 17.2 Å². The summed E-state index contributed by atoms with van der Waals surface area (Å²) in [5.74, 6) is -2.34. The molecule has 0 aliphatic heterocycles. The number of rotatable bonds is 7. The molecule has 0 spiro atoms. The lowest BCUT2D eigenvalue weighted by molar-refractivity contribution is -0.0499. The second-order valence-electron chi connectivity index (χ2n) is 7.07. The molecule has 190 valence electrons. The van der Waals surface area contributed by atoms with Gasteiger partial charge in [-0.3, -0.25) is 9.10 Å². The number of halogens is 4. The number of sulfonamides is 1. The Hall–Kier alpha value is -3.40. The third-order valence-electron chi connectivity index (χ3n) is 4.72. The Kier molecular flexibility index (Phi) is 6.73. The van der Waals surface area contributed by atoms with Crippen LogP contribution < -0.4 is 13.8 Å². The average molecular weight is 539 g/mol. The lowest BCUT2D eigenvalue weighted by Crippen LogP contribution is -2.32. The van der Waals surface area contributed by atoms with Crippen LogP contribution in [-0.4, -0.2) is 57.7 Å². The Bertz CT molecular complexity index is 1500. The first kappa shape index (κ1) is 26.2. The number of benzene rings is 1.